The van der Waals surface area contributed by atoms with Crippen molar-refractivity contribution >= 4 is 5.69 Å². The lowest BCUT2D eigenvalue weighted by Gasteiger charge is -2.35. The maximum absolute atomic E-state index is 9.95. The Morgan fingerprint density at radius 2 is 1.63 bits per heavy atom. The monoisotopic (exact) mass is 556 g/mol. The van der Waals surface area contributed by atoms with E-state index in [-0.39, 0.29) is 0 Å². The first-order chi connectivity index (χ1) is 19.9. The van der Waals surface area contributed by atoms with Crippen molar-refractivity contribution in [1.82, 2.24) is 4.90 Å². The molecular formula is C36H48N2O3. The Labute approximate surface area is 247 Å². The Hall–Kier alpha value is -3.18. The lowest BCUT2D eigenvalue weighted by atomic mass is 9.79. The first kappa shape index (κ1) is 29.3. The van der Waals surface area contributed by atoms with Gasteiger partial charge in [-0.3, -0.25) is 0 Å². The Balaban J connectivity index is 1.27. The summed E-state index contributed by atoms with van der Waals surface area (Å²) < 4.78 is 11.8. The molecule has 0 amide bonds. The fraction of sp³-hybridized carbons (Fsp3) is 0.500. The largest absolute Gasteiger partial charge is 0.508 e. The van der Waals surface area contributed by atoms with E-state index in [1.54, 1.807) is 7.11 Å². The minimum atomic E-state index is 0.319. The molecule has 0 aliphatic heterocycles. The van der Waals surface area contributed by atoms with Gasteiger partial charge in [-0.05, 0) is 112 Å². The average molecular weight is 557 g/mol. The lowest BCUT2D eigenvalue weighted by molar-refractivity contribution is 0.160. The van der Waals surface area contributed by atoms with Crippen LogP contribution in [0.5, 0.6) is 17.2 Å². The molecule has 1 saturated carbocycles. The molecule has 1 fully saturated rings. The molecule has 5 nitrogen and oxygen atoms in total. The van der Waals surface area contributed by atoms with Gasteiger partial charge in [0, 0.05) is 36.9 Å². The molecule has 3 aromatic carbocycles. The van der Waals surface area contributed by atoms with E-state index in [4.69, 9.17) is 9.47 Å². The molecule has 1 unspecified atom stereocenters. The SMILES string of the molecule is COc1ccc(C2CCc3cc(O)ccc3C2)c(N(Cc2ccc(OCCN(C)C3CCCCC3)cc2)C(C)C)c1. The van der Waals surface area contributed by atoms with Crippen molar-refractivity contribution in [3.05, 3.63) is 82.9 Å². The molecule has 2 aliphatic rings. The number of ether oxygens (including phenoxy) is 2. The molecule has 1 N–H and O–H groups in total. The molecule has 220 valence electrons. The topological polar surface area (TPSA) is 45.2 Å². The molecule has 5 rings (SSSR count). The summed E-state index contributed by atoms with van der Waals surface area (Å²) in [7, 11) is 3.99. The van der Waals surface area contributed by atoms with Crippen LogP contribution in [-0.4, -0.2) is 49.4 Å². The molecule has 5 heteroatoms. The van der Waals surface area contributed by atoms with Crippen LogP contribution >= 0.6 is 0 Å². The van der Waals surface area contributed by atoms with Gasteiger partial charge in [0.25, 0.3) is 0 Å². The van der Waals surface area contributed by atoms with Crippen LogP contribution in [0, 0.1) is 0 Å². The molecule has 1 atom stereocenters. The molecule has 0 heterocycles. The van der Waals surface area contributed by atoms with Gasteiger partial charge in [0.15, 0.2) is 0 Å². The molecule has 2 aliphatic carbocycles. The minimum Gasteiger partial charge on any atom is -0.508 e. The maximum atomic E-state index is 9.95. The quantitative estimate of drug-likeness (QED) is 0.262. The van der Waals surface area contributed by atoms with Gasteiger partial charge in [0.1, 0.15) is 23.9 Å². The zero-order chi connectivity index (χ0) is 28.8. The predicted octanol–water partition coefficient (Wildman–Crippen LogP) is 7.73. The van der Waals surface area contributed by atoms with Gasteiger partial charge in [-0.2, -0.15) is 0 Å². The first-order valence-corrected chi connectivity index (χ1v) is 15.6. The number of fused-ring (bicyclic) bond motifs is 1. The van der Waals surface area contributed by atoms with Crippen molar-refractivity contribution < 1.29 is 14.6 Å². The third kappa shape index (κ3) is 7.37. The molecule has 41 heavy (non-hydrogen) atoms. The second-order valence-corrected chi connectivity index (χ2v) is 12.3. The Morgan fingerprint density at radius 1 is 0.878 bits per heavy atom. The smallest absolute Gasteiger partial charge is 0.120 e. The van der Waals surface area contributed by atoms with Crippen molar-refractivity contribution in [3.8, 4) is 17.2 Å². The highest BCUT2D eigenvalue weighted by Gasteiger charge is 2.26. The van der Waals surface area contributed by atoms with Crippen LogP contribution < -0.4 is 14.4 Å². The number of methoxy groups -OCH3 is 1. The standard InChI is InChI=1S/C36H48N2O3/c1-26(2)38(25-27-10-16-33(17-11-27)41-21-20-37(3)31-8-6-5-7-9-31)36-24-34(40-4)18-19-35(36)30-13-12-29-23-32(39)15-14-28(29)22-30/h10-11,14-19,23-24,26,30-31,39H,5-9,12-13,20-22,25H2,1-4H3. The summed E-state index contributed by atoms with van der Waals surface area (Å²) in [4.78, 5) is 4.98. The number of hydrogen-bond acceptors (Lipinski definition) is 5. The minimum absolute atomic E-state index is 0.319. The van der Waals surface area contributed by atoms with Gasteiger partial charge in [0.05, 0.1) is 7.11 Å². The van der Waals surface area contributed by atoms with Crippen molar-refractivity contribution in [2.24, 2.45) is 0 Å². The highest BCUT2D eigenvalue weighted by molar-refractivity contribution is 5.60. The number of phenolic OH excluding ortho intramolecular Hbond substituents is 1. The van der Waals surface area contributed by atoms with E-state index >= 15 is 0 Å². The van der Waals surface area contributed by atoms with E-state index in [2.05, 4.69) is 79.2 Å². The summed E-state index contributed by atoms with van der Waals surface area (Å²) in [5, 5.41) is 9.95. The summed E-state index contributed by atoms with van der Waals surface area (Å²) >= 11 is 0. The second-order valence-electron chi connectivity index (χ2n) is 12.3. The second kappa shape index (κ2) is 13.7. The molecule has 0 saturated heterocycles. The number of likely N-dealkylation sites (N-methyl/N-ethyl adjacent to an activating group) is 1. The average Bonchev–Trinajstić information content (AvgIpc) is 3.00. The predicted molar refractivity (Wildman–Crippen MR) is 169 cm³/mol. The first-order valence-electron chi connectivity index (χ1n) is 15.6. The summed E-state index contributed by atoms with van der Waals surface area (Å²) in [6.45, 7) is 7.05. The van der Waals surface area contributed by atoms with E-state index in [0.29, 0.717) is 17.7 Å². The van der Waals surface area contributed by atoms with Crippen molar-refractivity contribution in [3.63, 3.8) is 0 Å². The summed E-state index contributed by atoms with van der Waals surface area (Å²) in [5.41, 5.74) is 6.51. The van der Waals surface area contributed by atoms with Crippen LogP contribution in [0.4, 0.5) is 5.69 Å². The van der Waals surface area contributed by atoms with Gasteiger partial charge < -0.3 is 24.4 Å². The molecule has 0 radical (unpaired) electrons. The van der Waals surface area contributed by atoms with E-state index in [0.717, 1.165) is 56.5 Å². The van der Waals surface area contributed by atoms with Gasteiger partial charge in [-0.25, -0.2) is 0 Å². The third-order valence-corrected chi connectivity index (χ3v) is 9.22. The van der Waals surface area contributed by atoms with E-state index in [1.807, 2.05) is 12.1 Å². The Bertz CT molecular complexity index is 1270. The molecule has 0 aromatic heterocycles. The van der Waals surface area contributed by atoms with E-state index < -0.39 is 0 Å². The van der Waals surface area contributed by atoms with Crippen molar-refractivity contribution in [2.75, 3.05) is 32.2 Å². The van der Waals surface area contributed by atoms with Gasteiger partial charge in [-0.1, -0.05) is 43.5 Å². The van der Waals surface area contributed by atoms with Crippen molar-refractivity contribution in [1.29, 1.82) is 0 Å². The highest BCUT2D eigenvalue weighted by atomic mass is 16.5. The van der Waals surface area contributed by atoms with Crippen molar-refractivity contribution in [2.45, 2.75) is 89.8 Å². The van der Waals surface area contributed by atoms with Gasteiger partial charge in [0.2, 0.25) is 0 Å². The highest BCUT2D eigenvalue weighted by Crippen LogP contribution is 2.40. The molecule has 0 spiro atoms. The van der Waals surface area contributed by atoms with Crippen LogP contribution in [-0.2, 0) is 19.4 Å². The number of anilines is 1. The zero-order valence-corrected chi connectivity index (χ0v) is 25.4. The Kier molecular flexibility index (Phi) is 9.76. The normalized spacial score (nSPS) is 17.5. The number of hydrogen-bond donors (Lipinski definition) is 1. The molecule has 0 bridgehead atoms. The van der Waals surface area contributed by atoms with Crippen LogP contribution in [0.25, 0.3) is 0 Å². The number of phenols is 1. The Morgan fingerprint density at radius 3 is 2.37 bits per heavy atom. The third-order valence-electron chi connectivity index (χ3n) is 9.22. The summed E-state index contributed by atoms with van der Waals surface area (Å²) in [6, 6.07) is 22.1. The number of aromatic hydroxyl groups is 1. The van der Waals surface area contributed by atoms with E-state index in [9.17, 15) is 5.11 Å². The summed E-state index contributed by atoms with van der Waals surface area (Å²) in [5.74, 6) is 2.62. The number of nitrogens with zero attached hydrogens (tertiary/aromatic N) is 2. The van der Waals surface area contributed by atoms with E-state index in [1.165, 1.54) is 60.0 Å². The molecular weight excluding hydrogens is 508 g/mol. The fourth-order valence-electron chi connectivity index (χ4n) is 6.70. The lowest BCUT2D eigenvalue weighted by Crippen LogP contribution is -2.36. The number of benzene rings is 3. The van der Waals surface area contributed by atoms with Crippen LogP contribution in [0.1, 0.15) is 80.5 Å². The van der Waals surface area contributed by atoms with Crippen LogP contribution in [0.15, 0.2) is 60.7 Å². The summed E-state index contributed by atoms with van der Waals surface area (Å²) in [6.07, 6.45) is 9.81. The van der Waals surface area contributed by atoms with Gasteiger partial charge >= 0.3 is 0 Å². The van der Waals surface area contributed by atoms with Crippen LogP contribution in [0.2, 0.25) is 0 Å². The number of rotatable bonds is 11. The van der Waals surface area contributed by atoms with Crippen LogP contribution in [0.3, 0.4) is 0 Å². The maximum Gasteiger partial charge on any atom is 0.120 e. The zero-order valence-electron chi connectivity index (χ0n) is 25.4. The van der Waals surface area contributed by atoms with Gasteiger partial charge in [-0.15, -0.1) is 0 Å². The fourth-order valence-corrected chi connectivity index (χ4v) is 6.70. The molecule has 3 aromatic rings. The number of aryl methyl sites for hydroxylation is 1.